The molecule has 2 N–H and O–H groups in total. The van der Waals surface area contributed by atoms with Crippen molar-refractivity contribution >= 4 is 11.8 Å². The summed E-state index contributed by atoms with van der Waals surface area (Å²) < 4.78 is 31.7. The molecule has 2 aromatic carbocycles. The van der Waals surface area contributed by atoms with Crippen LogP contribution in [0.5, 0.6) is 5.75 Å². The van der Waals surface area contributed by atoms with Crippen LogP contribution in [-0.2, 0) is 9.59 Å². The molecular formula is C17H16F2N2O3. The van der Waals surface area contributed by atoms with E-state index in [0.717, 1.165) is 12.1 Å². The Morgan fingerprint density at radius 1 is 1.08 bits per heavy atom. The number of hydrogen-bond acceptors (Lipinski definition) is 3. The second-order valence-electron chi connectivity index (χ2n) is 4.89. The van der Waals surface area contributed by atoms with E-state index in [9.17, 15) is 18.4 Å². The Morgan fingerprint density at radius 2 is 1.79 bits per heavy atom. The normalized spacial score (nSPS) is 11.5. The van der Waals surface area contributed by atoms with E-state index in [1.54, 1.807) is 30.3 Å². The Balaban J connectivity index is 2.06. The average Bonchev–Trinajstić information content (AvgIpc) is 2.60. The first kappa shape index (κ1) is 17.4. The van der Waals surface area contributed by atoms with Crippen molar-refractivity contribution in [2.24, 2.45) is 0 Å². The van der Waals surface area contributed by atoms with Crippen LogP contribution in [0.2, 0.25) is 0 Å². The maximum Gasteiger partial charge on any atom is 0.258 e. The van der Waals surface area contributed by atoms with Gasteiger partial charge in [0.25, 0.3) is 5.91 Å². The molecule has 2 amide bonds. The zero-order valence-electron chi connectivity index (χ0n) is 12.9. The van der Waals surface area contributed by atoms with Crippen molar-refractivity contribution in [3.63, 3.8) is 0 Å². The van der Waals surface area contributed by atoms with Crippen LogP contribution in [0, 0.1) is 11.6 Å². The standard InChI is InChI=1S/C17H16F2N2O3/c1-20-17(23)16(11-7-8-13(18)14(19)9-11)21-15(22)10-24-12-5-3-2-4-6-12/h2-9,16H,10H2,1H3,(H,20,23)(H,21,22). The summed E-state index contributed by atoms with van der Waals surface area (Å²) in [6.45, 7) is -0.318. The largest absolute Gasteiger partial charge is 0.484 e. The molecule has 5 nitrogen and oxygen atoms in total. The van der Waals surface area contributed by atoms with Crippen molar-refractivity contribution in [1.29, 1.82) is 0 Å². The third kappa shape index (κ3) is 4.52. The van der Waals surface area contributed by atoms with Gasteiger partial charge in [0.05, 0.1) is 0 Å². The van der Waals surface area contributed by atoms with Gasteiger partial charge >= 0.3 is 0 Å². The fourth-order valence-electron chi connectivity index (χ4n) is 2.00. The van der Waals surface area contributed by atoms with Gasteiger partial charge in [0, 0.05) is 7.05 Å². The van der Waals surface area contributed by atoms with E-state index in [2.05, 4.69) is 10.6 Å². The number of halogens is 2. The Morgan fingerprint density at radius 3 is 2.42 bits per heavy atom. The molecule has 126 valence electrons. The minimum absolute atomic E-state index is 0.126. The van der Waals surface area contributed by atoms with E-state index in [-0.39, 0.29) is 12.2 Å². The summed E-state index contributed by atoms with van der Waals surface area (Å²) in [5.74, 6) is -2.77. The predicted octanol–water partition coefficient (Wildman–Crippen LogP) is 1.95. The molecule has 0 radical (unpaired) electrons. The first-order valence-electron chi connectivity index (χ1n) is 7.15. The Hall–Kier alpha value is -2.96. The number of hydrogen-bond donors (Lipinski definition) is 2. The summed E-state index contributed by atoms with van der Waals surface area (Å²) in [5.41, 5.74) is 0.126. The maximum atomic E-state index is 13.4. The molecule has 1 atom stereocenters. The number of amides is 2. The Bertz CT molecular complexity index is 723. The van der Waals surface area contributed by atoms with Gasteiger partial charge in [-0.2, -0.15) is 0 Å². The second kappa shape index (κ2) is 8.05. The zero-order valence-corrected chi connectivity index (χ0v) is 12.9. The Labute approximate surface area is 137 Å². The van der Waals surface area contributed by atoms with Crippen LogP contribution in [0.4, 0.5) is 8.78 Å². The minimum atomic E-state index is -1.16. The zero-order chi connectivity index (χ0) is 17.5. The molecule has 0 aliphatic carbocycles. The van der Waals surface area contributed by atoms with E-state index in [4.69, 9.17) is 4.74 Å². The fraction of sp³-hybridized carbons (Fsp3) is 0.176. The van der Waals surface area contributed by atoms with Crippen LogP contribution in [0.3, 0.4) is 0 Å². The van der Waals surface area contributed by atoms with E-state index in [1.807, 2.05) is 0 Å². The van der Waals surface area contributed by atoms with E-state index >= 15 is 0 Å². The number of benzene rings is 2. The van der Waals surface area contributed by atoms with Gasteiger partial charge in [-0.25, -0.2) is 8.78 Å². The summed E-state index contributed by atoms with van der Waals surface area (Å²) in [6.07, 6.45) is 0. The molecule has 2 rings (SSSR count). The van der Waals surface area contributed by atoms with Gasteiger partial charge in [-0.3, -0.25) is 9.59 Å². The third-order valence-corrected chi connectivity index (χ3v) is 3.20. The SMILES string of the molecule is CNC(=O)C(NC(=O)COc1ccccc1)c1ccc(F)c(F)c1. The summed E-state index contributed by atoms with van der Waals surface area (Å²) in [5, 5.41) is 4.80. The molecule has 0 spiro atoms. The lowest BCUT2D eigenvalue weighted by Crippen LogP contribution is -2.41. The molecule has 0 saturated heterocycles. The molecule has 24 heavy (non-hydrogen) atoms. The highest BCUT2D eigenvalue weighted by atomic mass is 19.2. The van der Waals surface area contributed by atoms with Crippen LogP contribution in [-0.4, -0.2) is 25.5 Å². The lowest BCUT2D eigenvalue weighted by Gasteiger charge is -2.18. The molecule has 0 fully saturated rings. The maximum absolute atomic E-state index is 13.4. The van der Waals surface area contributed by atoms with Crippen molar-refractivity contribution in [3.8, 4) is 5.75 Å². The quantitative estimate of drug-likeness (QED) is 0.848. The highest BCUT2D eigenvalue weighted by Gasteiger charge is 2.23. The van der Waals surface area contributed by atoms with Gasteiger partial charge in [-0.05, 0) is 29.8 Å². The van der Waals surface area contributed by atoms with Crippen molar-refractivity contribution in [2.75, 3.05) is 13.7 Å². The topological polar surface area (TPSA) is 67.4 Å². The van der Waals surface area contributed by atoms with E-state index < -0.39 is 29.5 Å². The first-order chi connectivity index (χ1) is 11.5. The molecule has 0 bridgehead atoms. The molecule has 1 unspecified atom stereocenters. The molecule has 0 heterocycles. The van der Waals surface area contributed by atoms with Gasteiger partial charge in [0.1, 0.15) is 11.8 Å². The second-order valence-corrected chi connectivity index (χ2v) is 4.89. The smallest absolute Gasteiger partial charge is 0.258 e. The number of carbonyl (C=O) groups is 2. The number of rotatable bonds is 6. The number of nitrogens with one attached hydrogen (secondary N) is 2. The molecule has 7 heteroatoms. The highest BCUT2D eigenvalue weighted by molar-refractivity contribution is 5.89. The van der Waals surface area contributed by atoms with E-state index in [0.29, 0.717) is 5.75 Å². The predicted molar refractivity (Wildman–Crippen MR) is 83.2 cm³/mol. The number of para-hydroxylation sites is 1. The van der Waals surface area contributed by atoms with Gasteiger partial charge < -0.3 is 15.4 Å². The minimum Gasteiger partial charge on any atom is -0.484 e. The number of likely N-dealkylation sites (N-methyl/N-ethyl adjacent to an activating group) is 1. The van der Waals surface area contributed by atoms with Gasteiger partial charge in [-0.15, -0.1) is 0 Å². The highest BCUT2D eigenvalue weighted by Crippen LogP contribution is 2.17. The van der Waals surface area contributed by atoms with Crippen molar-refractivity contribution in [1.82, 2.24) is 10.6 Å². The van der Waals surface area contributed by atoms with Crippen LogP contribution in [0.15, 0.2) is 48.5 Å². The summed E-state index contributed by atoms with van der Waals surface area (Å²) >= 11 is 0. The molecular weight excluding hydrogens is 318 g/mol. The van der Waals surface area contributed by atoms with Gasteiger partial charge in [-0.1, -0.05) is 24.3 Å². The number of ether oxygens (including phenoxy) is 1. The van der Waals surface area contributed by atoms with Crippen LogP contribution < -0.4 is 15.4 Å². The average molecular weight is 334 g/mol. The molecule has 0 aromatic heterocycles. The molecule has 0 aliphatic rings. The molecule has 2 aromatic rings. The van der Waals surface area contributed by atoms with Gasteiger partial charge in [0.2, 0.25) is 5.91 Å². The molecule has 0 saturated carbocycles. The summed E-state index contributed by atoms with van der Waals surface area (Å²) in [4.78, 5) is 23.9. The monoisotopic (exact) mass is 334 g/mol. The van der Waals surface area contributed by atoms with Gasteiger partial charge in [0.15, 0.2) is 18.2 Å². The molecule has 0 aliphatic heterocycles. The van der Waals surface area contributed by atoms with Crippen LogP contribution in [0.1, 0.15) is 11.6 Å². The lowest BCUT2D eigenvalue weighted by atomic mass is 10.1. The van der Waals surface area contributed by atoms with Crippen molar-refractivity contribution < 1.29 is 23.1 Å². The Kier molecular flexibility index (Phi) is 5.83. The van der Waals surface area contributed by atoms with Crippen molar-refractivity contribution in [3.05, 3.63) is 65.7 Å². The lowest BCUT2D eigenvalue weighted by molar-refractivity contribution is -0.129. The number of carbonyl (C=O) groups excluding carboxylic acids is 2. The van der Waals surface area contributed by atoms with Crippen LogP contribution >= 0.6 is 0 Å². The van der Waals surface area contributed by atoms with Crippen molar-refractivity contribution in [2.45, 2.75) is 6.04 Å². The third-order valence-electron chi connectivity index (χ3n) is 3.20. The summed E-state index contributed by atoms with van der Waals surface area (Å²) in [6, 6.07) is 10.5. The first-order valence-corrected chi connectivity index (χ1v) is 7.15. The summed E-state index contributed by atoms with van der Waals surface area (Å²) in [7, 11) is 1.38. The van der Waals surface area contributed by atoms with E-state index in [1.165, 1.54) is 13.1 Å². The fourth-order valence-corrected chi connectivity index (χ4v) is 2.00. The van der Waals surface area contributed by atoms with Crippen LogP contribution in [0.25, 0.3) is 0 Å².